The second-order valence-corrected chi connectivity index (χ2v) is 9.96. The molecule has 2 aromatic carbocycles. The van der Waals surface area contributed by atoms with Gasteiger partial charge in [-0.25, -0.2) is 4.68 Å². The maximum atomic E-state index is 13.1. The van der Waals surface area contributed by atoms with Crippen LogP contribution in [0.25, 0.3) is 10.9 Å². The predicted molar refractivity (Wildman–Crippen MR) is 138 cm³/mol. The molecular formula is C27H31ClN6O. The van der Waals surface area contributed by atoms with E-state index in [1.54, 1.807) is 0 Å². The van der Waals surface area contributed by atoms with Crippen molar-refractivity contribution in [2.24, 2.45) is 0 Å². The Morgan fingerprint density at radius 1 is 1.11 bits per heavy atom. The van der Waals surface area contributed by atoms with Gasteiger partial charge in [-0.2, -0.15) is 0 Å². The van der Waals surface area contributed by atoms with E-state index in [9.17, 15) is 4.79 Å². The van der Waals surface area contributed by atoms with Gasteiger partial charge in [0.1, 0.15) is 0 Å². The van der Waals surface area contributed by atoms with E-state index < -0.39 is 0 Å². The molecule has 0 aliphatic heterocycles. The number of fused-ring (bicyclic) bond motifs is 1. The van der Waals surface area contributed by atoms with Crippen LogP contribution < -0.4 is 5.56 Å². The molecule has 8 heteroatoms. The number of aryl methyl sites for hydroxylation is 1. The van der Waals surface area contributed by atoms with Crippen molar-refractivity contribution in [3.05, 3.63) is 86.4 Å². The molecule has 2 aromatic heterocycles. The van der Waals surface area contributed by atoms with Crippen molar-refractivity contribution < 1.29 is 0 Å². The number of rotatable bonds is 8. The van der Waals surface area contributed by atoms with Gasteiger partial charge in [0.25, 0.3) is 5.56 Å². The summed E-state index contributed by atoms with van der Waals surface area (Å²) in [4.78, 5) is 18.4. The van der Waals surface area contributed by atoms with Crippen LogP contribution >= 0.6 is 11.6 Å². The Morgan fingerprint density at radius 2 is 1.89 bits per heavy atom. The van der Waals surface area contributed by atoms with Crippen molar-refractivity contribution in [1.29, 1.82) is 0 Å². The number of H-pyrrole nitrogens is 1. The summed E-state index contributed by atoms with van der Waals surface area (Å²) in [7, 11) is 0. The molecule has 1 N–H and O–H groups in total. The molecule has 1 aliphatic carbocycles. The molecule has 4 aromatic rings. The van der Waals surface area contributed by atoms with E-state index in [0.29, 0.717) is 29.7 Å². The summed E-state index contributed by atoms with van der Waals surface area (Å²) in [6.45, 7) is 5.25. The second kappa shape index (κ2) is 10.3. The van der Waals surface area contributed by atoms with E-state index in [2.05, 4.69) is 45.3 Å². The highest BCUT2D eigenvalue weighted by molar-refractivity contribution is 6.31. The number of pyridine rings is 1. The average molecular weight is 491 g/mol. The fourth-order valence-electron chi connectivity index (χ4n) is 5.26. The smallest absolute Gasteiger partial charge is 0.252 e. The molecule has 0 saturated heterocycles. The average Bonchev–Trinajstić information content (AvgIpc) is 3.54. The summed E-state index contributed by atoms with van der Waals surface area (Å²) in [5.41, 5.74) is 3.66. The molecule has 35 heavy (non-hydrogen) atoms. The Hall–Kier alpha value is -3.03. The van der Waals surface area contributed by atoms with Crippen LogP contribution in [0.5, 0.6) is 0 Å². The molecule has 0 bridgehead atoms. The lowest BCUT2D eigenvalue weighted by molar-refractivity contribution is 0.158. The summed E-state index contributed by atoms with van der Waals surface area (Å²) in [5, 5.41) is 14.7. The van der Waals surface area contributed by atoms with Crippen molar-refractivity contribution >= 4 is 22.5 Å². The molecule has 0 amide bonds. The number of aromatic amines is 1. The highest BCUT2D eigenvalue weighted by Gasteiger charge is 2.30. The van der Waals surface area contributed by atoms with Gasteiger partial charge < -0.3 is 4.98 Å². The number of halogens is 1. The Balaban J connectivity index is 1.55. The molecule has 7 nitrogen and oxygen atoms in total. The Bertz CT molecular complexity index is 1370. The van der Waals surface area contributed by atoms with Gasteiger partial charge in [0.2, 0.25) is 0 Å². The van der Waals surface area contributed by atoms with E-state index >= 15 is 0 Å². The molecular weight excluding hydrogens is 460 g/mol. The molecule has 0 unspecified atom stereocenters. The zero-order chi connectivity index (χ0) is 24.4. The first kappa shape index (κ1) is 23.7. The topological polar surface area (TPSA) is 79.7 Å². The van der Waals surface area contributed by atoms with E-state index in [0.717, 1.165) is 47.1 Å². The summed E-state index contributed by atoms with van der Waals surface area (Å²) in [5.74, 6) is 0.861. The number of hydrogen-bond donors (Lipinski definition) is 1. The van der Waals surface area contributed by atoms with Gasteiger partial charge in [0, 0.05) is 29.2 Å². The van der Waals surface area contributed by atoms with Crippen molar-refractivity contribution in [1.82, 2.24) is 30.1 Å². The highest BCUT2D eigenvalue weighted by Crippen LogP contribution is 2.34. The van der Waals surface area contributed by atoms with Gasteiger partial charge in [-0.3, -0.25) is 9.69 Å². The van der Waals surface area contributed by atoms with Crippen LogP contribution in [0.2, 0.25) is 5.02 Å². The van der Waals surface area contributed by atoms with Crippen LogP contribution in [0.3, 0.4) is 0 Å². The lowest BCUT2D eigenvalue weighted by atomic mass is 10.1. The zero-order valence-electron chi connectivity index (χ0n) is 20.2. The lowest BCUT2D eigenvalue weighted by Crippen LogP contribution is -2.33. The van der Waals surface area contributed by atoms with Gasteiger partial charge in [0.15, 0.2) is 5.82 Å². The van der Waals surface area contributed by atoms with E-state index in [1.165, 1.54) is 12.8 Å². The van der Waals surface area contributed by atoms with Crippen LogP contribution in [-0.2, 0) is 13.1 Å². The number of nitrogens with zero attached hydrogens (tertiary/aromatic N) is 5. The monoisotopic (exact) mass is 490 g/mol. The van der Waals surface area contributed by atoms with Crippen molar-refractivity contribution in [2.45, 2.75) is 71.1 Å². The van der Waals surface area contributed by atoms with Crippen LogP contribution in [0.4, 0.5) is 0 Å². The van der Waals surface area contributed by atoms with Crippen LogP contribution in [0.1, 0.15) is 73.6 Å². The van der Waals surface area contributed by atoms with Gasteiger partial charge in [0.05, 0.1) is 12.1 Å². The Kier molecular flexibility index (Phi) is 6.97. The Morgan fingerprint density at radius 3 is 2.66 bits per heavy atom. The second-order valence-electron chi connectivity index (χ2n) is 9.55. The van der Waals surface area contributed by atoms with Crippen molar-refractivity contribution in [3.8, 4) is 0 Å². The molecule has 5 rings (SSSR count). The van der Waals surface area contributed by atoms with Crippen LogP contribution in [0, 0.1) is 6.92 Å². The standard InChI is InChI=1S/C27H31ClN6O/c1-3-25(26-30-31-32-34(26)22-9-5-6-10-22)33(16-19-8-4-7-11-23(19)28)17-21-15-20-14-18(2)12-13-24(20)29-27(21)35/h4,7-8,11-15,22,25H,3,5-6,9-10,16-17H2,1-2H3,(H,29,35)/t25-/m0/s1. The van der Waals surface area contributed by atoms with Crippen LogP contribution in [0.15, 0.2) is 53.3 Å². The third kappa shape index (κ3) is 5.02. The molecule has 182 valence electrons. The first-order valence-electron chi connectivity index (χ1n) is 12.4. The van der Waals surface area contributed by atoms with E-state index in [-0.39, 0.29) is 11.6 Å². The summed E-state index contributed by atoms with van der Waals surface area (Å²) in [6.07, 6.45) is 5.42. The van der Waals surface area contributed by atoms with Crippen LogP contribution in [-0.4, -0.2) is 30.1 Å². The van der Waals surface area contributed by atoms with Gasteiger partial charge in [-0.15, -0.1) is 5.10 Å². The summed E-state index contributed by atoms with van der Waals surface area (Å²) in [6, 6.07) is 16.2. The van der Waals surface area contributed by atoms with Gasteiger partial charge in [-0.1, -0.05) is 61.2 Å². The molecule has 1 saturated carbocycles. The van der Waals surface area contributed by atoms with Gasteiger partial charge in [-0.05, 0) is 71.8 Å². The third-order valence-corrected chi connectivity index (χ3v) is 7.46. The third-order valence-electron chi connectivity index (χ3n) is 7.10. The minimum atomic E-state index is -0.0734. The normalized spacial score (nSPS) is 15.3. The fourth-order valence-corrected chi connectivity index (χ4v) is 5.46. The molecule has 2 heterocycles. The first-order chi connectivity index (χ1) is 17.0. The van der Waals surface area contributed by atoms with Crippen molar-refractivity contribution in [3.63, 3.8) is 0 Å². The number of hydrogen-bond acceptors (Lipinski definition) is 5. The summed E-state index contributed by atoms with van der Waals surface area (Å²) >= 11 is 6.57. The van der Waals surface area contributed by atoms with Gasteiger partial charge >= 0.3 is 0 Å². The Labute approximate surface area is 210 Å². The largest absolute Gasteiger partial charge is 0.322 e. The molecule has 0 spiro atoms. The SMILES string of the molecule is CC[C@@H](c1nnnn1C1CCCC1)N(Cc1ccccc1Cl)Cc1cc2cc(C)ccc2[nH]c1=O. The van der Waals surface area contributed by atoms with Crippen molar-refractivity contribution in [2.75, 3.05) is 0 Å². The minimum Gasteiger partial charge on any atom is -0.322 e. The molecule has 1 atom stereocenters. The highest BCUT2D eigenvalue weighted by atomic mass is 35.5. The minimum absolute atomic E-state index is 0.0607. The van der Waals surface area contributed by atoms with E-state index in [1.807, 2.05) is 47.1 Å². The first-order valence-corrected chi connectivity index (χ1v) is 12.8. The number of benzene rings is 2. The summed E-state index contributed by atoms with van der Waals surface area (Å²) < 4.78 is 2.02. The molecule has 1 aliphatic rings. The quantitative estimate of drug-likeness (QED) is 0.340. The number of aromatic nitrogens is 5. The zero-order valence-corrected chi connectivity index (χ0v) is 21.0. The van der Waals surface area contributed by atoms with E-state index in [4.69, 9.17) is 11.6 Å². The maximum absolute atomic E-state index is 13.1. The fraction of sp³-hybridized carbons (Fsp3) is 0.407. The predicted octanol–water partition coefficient (Wildman–Crippen LogP) is 5.75. The number of tetrazole rings is 1. The molecule has 1 fully saturated rings. The molecule has 0 radical (unpaired) electrons. The lowest BCUT2D eigenvalue weighted by Gasteiger charge is -2.31. The number of nitrogens with one attached hydrogen (secondary N) is 1. The maximum Gasteiger partial charge on any atom is 0.252 e.